The van der Waals surface area contributed by atoms with Crippen LogP contribution in [0.25, 0.3) is 0 Å². The summed E-state index contributed by atoms with van der Waals surface area (Å²) >= 11 is 0. The van der Waals surface area contributed by atoms with Crippen LogP contribution in [0.5, 0.6) is 0 Å². The van der Waals surface area contributed by atoms with Gasteiger partial charge in [-0.25, -0.2) is 4.79 Å². The van der Waals surface area contributed by atoms with Gasteiger partial charge in [0, 0.05) is 18.3 Å². The Labute approximate surface area is 213 Å². The molecule has 0 radical (unpaired) electrons. The standard InChI is InChI=1S/C32H46N2O/c1-23(2)29-16-11-17-30(24(3)4)31(29)33-32(35)34(22-25-12-7-5-8-13-25)28-20-18-27(19-21-28)26-14-9-6-10-15-26/h5,7-8,11-13,16-17,23-24,26-28H,6,9-10,14-15,18-22H2,1-4H3,(H,33,35). The molecule has 2 fully saturated rings. The van der Waals surface area contributed by atoms with Crippen LogP contribution in [0.1, 0.15) is 114 Å². The highest BCUT2D eigenvalue weighted by molar-refractivity contribution is 5.91. The van der Waals surface area contributed by atoms with Crippen molar-refractivity contribution in [3.05, 3.63) is 65.2 Å². The summed E-state index contributed by atoms with van der Waals surface area (Å²) in [5, 5.41) is 3.42. The minimum atomic E-state index is 0.0602. The maximum absolute atomic E-state index is 14.0. The molecule has 2 aromatic rings. The first-order valence-electron chi connectivity index (χ1n) is 14.2. The second-order valence-corrected chi connectivity index (χ2v) is 11.6. The summed E-state index contributed by atoms with van der Waals surface area (Å²) < 4.78 is 0. The fraction of sp³-hybridized carbons (Fsp3) is 0.594. The molecule has 0 aromatic heterocycles. The van der Waals surface area contributed by atoms with Crippen LogP contribution in [0.3, 0.4) is 0 Å². The molecular weight excluding hydrogens is 428 g/mol. The molecule has 4 rings (SSSR count). The van der Waals surface area contributed by atoms with Gasteiger partial charge in [0.25, 0.3) is 0 Å². The predicted molar refractivity (Wildman–Crippen MR) is 148 cm³/mol. The third-order valence-electron chi connectivity index (χ3n) is 8.56. The van der Waals surface area contributed by atoms with Crippen molar-refractivity contribution >= 4 is 11.7 Å². The van der Waals surface area contributed by atoms with E-state index in [1.807, 2.05) is 0 Å². The Balaban J connectivity index is 1.54. The third-order valence-corrected chi connectivity index (χ3v) is 8.56. The zero-order valence-corrected chi connectivity index (χ0v) is 22.4. The van der Waals surface area contributed by atoms with E-state index >= 15 is 0 Å². The molecule has 0 unspecified atom stereocenters. The van der Waals surface area contributed by atoms with E-state index in [-0.39, 0.29) is 6.03 Å². The Morgan fingerprint density at radius 3 is 1.91 bits per heavy atom. The van der Waals surface area contributed by atoms with E-state index in [1.165, 1.54) is 61.6 Å². The molecule has 0 atom stereocenters. The summed E-state index contributed by atoms with van der Waals surface area (Å²) in [7, 11) is 0. The number of carbonyl (C=O) groups is 1. The Kier molecular flexibility index (Phi) is 8.92. The van der Waals surface area contributed by atoms with Gasteiger partial charge in [-0.15, -0.1) is 0 Å². The van der Waals surface area contributed by atoms with Crippen LogP contribution in [0.2, 0.25) is 0 Å². The summed E-state index contributed by atoms with van der Waals surface area (Å²) in [6, 6.07) is 17.4. The highest BCUT2D eigenvalue weighted by Gasteiger charge is 2.33. The summed E-state index contributed by atoms with van der Waals surface area (Å²) in [5.74, 6) is 2.50. The second kappa shape index (κ2) is 12.1. The molecule has 0 heterocycles. The van der Waals surface area contributed by atoms with Gasteiger partial charge in [-0.3, -0.25) is 0 Å². The van der Waals surface area contributed by atoms with Gasteiger partial charge in [-0.05, 0) is 66.0 Å². The van der Waals surface area contributed by atoms with Crippen LogP contribution in [0, 0.1) is 11.8 Å². The fourth-order valence-corrected chi connectivity index (χ4v) is 6.51. The number of urea groups is 1. The average molecular weight is 475 g/mol. The van der Waals surface area contributed by atoms with Crippen molar-refractivity contribution in [3.63, 3.8) is 0 Å². The number of para-hydroxylation sites is 1. The van der Waals surface area contributed by atoms with E-state index in [1.54, 1.807) is 0 Å². The van der Waals surface area contributed by atoms with Crippen molar-refractivity contribution in [2.75, 3.05) is 5.32 Å². The van der Waals surface area contributed by atoms with E-state index in [2.05, 4.69) is 86.4 Å². The van der Waals surface area contributed by atoms with Crippen LogP contribution < -0.4 is 5.32 Å². The number of hydrogen-bond acceptors (Lipinski definition) is 1. The first-order chi connectivity index (χ1) is 16.9. The van der Waals surface area contributed by atoms with Crippen molar-refractivity contribution in [1.82, 2.24) is 4.90 Å². The number of hydrogen-bond donors (Lipinski definition) is 1. The van der Waals surface area contributed by atoms with Gasteiger partial charge >= 0.3 is 6.03 Å². The molecule has 3 nitrogen and oxygen atoms in total. The Hall–Kier alpha value is -2.29. The van der Waals surface area contributed by atoms with Crippen molar-refractivity contribution in [2.45, 2.75) is 110 Å². The number of rotatable bonds is 7. The van der Waals surface area contributed by atoms with Crippen molar-refractivity contribution in [1.29, 1.82) is 0 Å². The van der Waals surface area contributed by atoms with E-state index in [4.69, 9.17) is 0 Å². The lowest BCUT2D eigenvalue weighted by Crippen LogP contribution is -2.45. The van der Waals surface area contributed by atoms with Crippen molar-refractivity contribution in [3.8, 4) is 0 Å². The summed E-state index contributed by atoms with van der Waals surface area (Å²) in [6.45, 7) is 9.52. The Morgan fingerprint density at radius 1 is 0.771 bits per heavy atom. The maximum Gasteiger partial charge on any atom is 0.322 e. The minimum absolute atomic E-state index is 0.0602. The van der Waals surface area contributed by atoms with Gasteiger partial charge in [0.05, 0.1) is 0 Å². The number of carbonyl (C=O) groups excluding carboxylic acids is 1. The van der Waals surface area contributed by atoms with E-state index in [0.29, 0.717) is 24.4 Å². The highest BCUT2D eigenvalue weighted by Crippen LogP contribution is 2.40. The lowest BCUT2D eigenvalue weighted by Gasteiger charge is -2.40. The second-order valence-electron chi connectivity index (χ2n) is 11.6. The first kappa shape index (κ1) is 25.8. The minimum Gasteiger partial charge on any atom is -0.317 e. The zero-order valence-electron chi connectivity index (χ0n) is 22.4. The number of nitrogens with zero attached hydrogens (tertiary/aromatic N) is 1. The van der Waals surface area contributed by atoms with Crippen LogP contribution in [-0.2, 0) is 6.54 Å². The van der Waals surface area contributed by atoms with Gasteiger partial charge in [-0.2, -0.15) is 0 Å². The van der Waals surface area contributed by atoms with E-state index in [0.717, 1.165) is 30.4 Å². The number of amides is 2. The molecule has 1 N–H and O–H groups in total. The summed E-state index contributed by atoms with van der Waals surface area (Å²) in [5.41, 5.74) is 4.69. The molecule has 0 aliphatic heterocycles. The molecule has 2 aliphatic carbocycles. The highest BCUT2D eigenvalue weighted by atomic mass is 16.2. The van der Waals surface area contributed by atoms with Gasteiger partial charge in [0.2, 0.25) is 0 Å². The largest absolute Gasteiger partial charge is 0.322 e. The molecule has 2 amide bonds. The molecule has 35 heavy (non-hydrogen) atoms. The fourth-order valence-electron chi connectivity index (χ4n) is 6.51. The van der Waals surface area contributed by atoms with E-state index in [9.17, 15) is 4.79 Å². The van der Waals surface area contributed by atoms with Crippen molar-refractivity contribution in [2.24, 2.45) is 11.8 Å². The number of benzene rings is 2. The lowest BCUT2D eigenvalue weighted by molar-refractivity contribution is 0.120. The Bertz CT molecular complexity index is 911. The van der Waals surface area contributed by atoms with Crippen LogP contribution >= 0.6 is 0 Å². The SMILES string of the molecule is CC(C)c1cccc(C(C)C)c1NC(=O)N(Cc1ccccc1)C1CCC(C2CCCCC2)CC1. The quantitative estimate of drug-likeness (QED) is 0.426. The molecule has 0 bridgehead atoms. The predicted octanol–water partition coefficient (Wildman–Crippen LogP) is 9.11. The zero-order chi connectivity index (χ0) is 24.8. The number of nitrogens with one attached hydrogen (secondary N) is 1. The van der Waals surface area contributed by atoms with Crippen LogP contribution in [0.4, 0.5) is 10.5 Å². The van der Waals surface area contributed by atoms with Gasteiger partial charge in [-0.1, -0.05) is 108 Å². The smallest absolute Gasteiger partial charge is 0.317 e. The Morgan fingerprint density at radius 2 is 1.34 bits per heavy atom. The van der Waals surface area contributed by atoms with Gasteiger partial charge in [0.1, 0.15) is 0 Å². The summed E-state index contributed by atoms with van der Waals surface area (Å²) in [6.07, 6.45) is 11.9. The third kappa shape index (κ3) is 6.48. The molecule has 190 valence electrons. The number of anilines is 1. The lowest BCUT2D eigenvalue weighted by atomic mass is 9.72. The summed E-state index contributed by atoms with van der Waals surface area (Å²) in [4.78, 5) is 16.1. The van der Waals surface area contributed by atoms with E-state index < -0.39 is 0 Å². The molecular formula is C32H46N2O. The topological polar surface area (TPSA) is 32.3 Å². The monoisotopic (exact) mass is 474 g/mol. The average Bonchev–Trinajstić information content (AvgIpc) is 2.88. The van der Waals surface area contributed by atoms with Crippen molar-refractivity contribution < 1.29 is 4.79 Å². The first-order valence-corrected chi connectivity index (χ1v) is 14.2. The maximum atomic E-state index is 14.0. The van der Waals surface area contributed by atoms with Crippen LogP contribution in [-0.4, -0.2) is 17.0 Å². The molecule has 2 aromatic carbocycles. The van der Waals surface area contributed by atoms with Gasteiger partial charge in [0.15, 0.2) is 0 Å². The van der Waals surface area contributed by atoms with Crippen LogP contribution in [0.15, 0.2) is 48.5 Å². The molecule has 0 saturated heterocycles. The molecule has 0 spiro atoms. The molecule has 2 saturated carbocycles. The molecule has 2 aliphatic rings. The normalized spacial score (nSPS) is 21.3. The van der Waals surface area contributed by atoms with Gasteiger partial charge < -0.3 is 10.2 Å². The molecule has 3 heteroatoms.